The summed E-state index contributed by atoms with van der Waals surface area (Å²) >= 11 is 0. The van der Waals surface area contributed by atoms with Crippen molar-refractivity contribution in [3.8, 4) is 28.4 Å². The van der Waals surface area contributed by atoms with Crippen LogP contribution in [0.2, 0.25) is 0 Å². The van der Waals surface area contributed by atoms with Crippen LogP contribution in [-0.4, -0.2) is 9.55 Å². The summed E-state index contributed by atoms with van der Waals surface area (Å²) < 4.78 is 8.68. The number of aromatic nitrogens is 2. The number of para-hydroxylation sites is 1. The molecule has 0 aliphatic carbocycles. The molecule has 0 unspecified atom stereocenters. The van der Waals surface area contributed by atoms with E-state index in [4.69, 9.17) is 9.72 Å². The van der Waals surface area contributed by atoms with Gasteiger partial charge in [-0.15, -0.1) is 48.1 Å². The van der Waals surface area contributed by atoms with Gasteiger partial charge < -0.3 is 19.1 Å². The van der Waals surface area contributed by atoms with E-state index in [9.17, 15) is 0 Å². The number of fused-ring (bicyclic) bond motifs is 3. The average Bonchev–Trinajstić information content (AvgIpc) is 3.75. The molecular formula is C48H45N4OPt-3. The van der Waals surface area contributed by atoms with Gasteiger partial charge >= 0.3 is 0 Å². The van der Waals surface area contributed by atoms with Crippen LogP contribution in [0, 0.1) is 32.6 Å². The van der Waals surface area contributed by atoms with E-state index in [1.807, 2.05) is 36.7 Å². The zero-order valence-corrected chi connectivity index (χ0v) is 34.4. The van der Waals surface area contributed by atoms with Crippen molar-refractivity contribution in [1.82, 2.24) is 9.55 Å². The van der Waals surface area contributed by atoms with Gasteiger partial charge in [0.05, 0.1) is 0 Å². The summed E-state index contributed by atoms with van der Waals surface area (Å²) in [7, 11) is 0. The van der Waals surface area contributed by atoms with Crippen LogP contribution < -0.4 is 14.5 Å². The molecule has 0 bridgehead atoms. The first-order chi connectivity index (χ1) is 25.3. The van der Waals surface area contributed by atoms with Crippen LogP contribution in [0.1, 0.15) is 63.8 Å². The van der Waals surface area contributed by atoms with Gasteiger partial charge in [0.1, 0.15) is 5.82 Å². The van der Waals surface area contributed by atoms with Crippen molar-refractivity contribution in [3.05, 3.63) is 163 Å². The molecule has 0 radical (unpaired) electrons. The number of pyridine rings is 1. The van der Waals surface area contributed by atoms with Crippen molar-refractivity contribution in [3.63, 3.8) is 0 Å². The third-order valence-electron chi connectivity index (χ3n) is 10.1. The SMILES string of the molecule is Cc1cc(C(C)(C)C)cc(C)c1-c1ccnc(-n2c3[c-]c(Oc4[c-]c(N5C=CN(c6cccc(C(C)(C)C)c6)[CH-]5)ccc4)ccc3c3ccccc32)c1.[Pt]. The Labute approximate surface area is 334 Å². The number of nitrogens with zero attached hydrogens (tertiary/aromatic N) is 4. The Hall–Kier alpha value is -5.12. The number of ether oxygens (including phenoxy) is 1. The summed E-state index contributed by atoms with van der Waals surface area (Å²) in [6.07, 6.45) is 6.02. The van der Waals surface area contributed by atoms with Crippen LogP contribution in [0.3, 0.4) is 0 Å². The molecule has 54 heavy (non-hydrogen) atoms. The maximum absolute atomic E-state index is 6.48. The second-order valence-corrected chi connectivity index (χ2v) is 16.1. The monoisotopic (exact) mass is 888 g/mol. The van der Waals surface area contributed by atoms with Crippen molar-refractivity contribution >= 4 is 33.2 Å². The molecule has 8 rings (SSSR count). The third kappa shape index (κ3) is 7.10. The fraction of sp³-hybridized carbons (Fsp3) is 0.208. The standard InChI is InChI=1S/C48H45N4O.Pt/c1-32-25-36(48(6,7)8)26-33(2)46(32)34-21-22-49-45(27-34)52-43-18-10-9-17-41(43)42-20-19-40(30-44(42)52)53-39-16-12-15-38(29-39)51-24-23-50(31-51)37-14-11-13-35(28-37)47(3,4)5;/h9-28,31H,1-8H3;/q-3;. The second-order valence-electron chi connectivity index (χ2n) is 16.1. The van der Waals surface area contributed by atoms with Crippen LogP contribution in [0.15, 0.2) is 122 Å². The summed E-state index contributed by atoms with van der Waals surface area (Å²) in [6, 6.07) is 43.2. The maximum atomic E-state index is 6.48. The van der Waals surface area contributed by atoms with Crippen molar-refractivity contribution in [2.75, 3.05) is 9.80 Å². The van der Waals surface area contributed by atoms with Gasteiger partial charge in [-0.1, -0.05) is 89.5 Å². The Kier molecular flexibility index (Phi) is 9.83. The van der Waals surface area contributed by atoms with Gasteiger partial charge in [-0.2, -0.15) is 12.1 Å². The van der Waals surface area contributed by atoms with Crippen LogP contribution in [0.4, 0.5) is 11.4 Å². The molecule has 0 amide bonds. The Morgan fingerprint density at radius 2 is 1.35 bits per heavy atom. The minimum absolute atomic E-state index is 0. The minimum atomic E-state index is 0. The molecule has 0 saturated carbocycles. The summed E-state index contributed by atoms with van der Waals surface area (Å²) in [5, 5.41) is 2.23. The molecule has 1 aliphatic rings. The summed E-state index contributed by atoms with van der Waals surface area (Å²) in [4.78, 5) is 9.10. The quantitative estimate of drug-likeness (QED) is 0.156. The third-order valence-corrected chi connectivity index (χ3v) is 10.1. The van der Waals surface area contributed by atoms with Gasteiger partial charge in [0.25, 0.3) is 0 Å². The fourth-order valence-electron chi connectivity index (χ4n) is 7.27. The largest absolute Gasteiger partial charge is 0.509 e. The molecular weight excluding hydrogens is 844 g/mol. The first-order valence-corrected chi connectivity index (χ1v) is 18.3. The van der Waals surface area contributed by atoms with Crippen LogP contribution in [0.5, 0.6) is 11.5 Å². The van der Waals surface area contributed by atoms with E-state index in [0.717, 1.165) is 44.6 Å². The molecule has 1 aliphatic heterocycles. The van der Waals surface area contributed by atoms with E-state index >= 15 is 0 Å². The zero-order valence-electron chi connectivity index (χ0n) is 32.1. The summed E-state index contributed by atoms with van der Waals surface area (Å²) in [6.45, 7) is 20.0. The zero-order chi connectivity index (χ0) is 37.1. The topological polar surface area (TPSA) is 33.5 Å². The van der Waals surface area contributed by atoms with Gasteiger partial charge in [-0.3, -0.25) is 0 Å². The molecule has 0 N–H and O–H groups in total. The first-order valence-electron chi connectivity index (χ1n) is 18.3. The van der Waals surface area contributed by atoms with E-state index in [2.05, 4.69) is 174 Å². The molecule has 5 aromatic carbocycles. The van der Waals surface area contributed by atoms with Gasteiger partial charge in [0, 0.05) is 50.0 Å². The number of benzene rings is 5. The van der Waals surface area contributed by atoms with Gasteiger partial charge in [0.2, 0.25) is 0 Å². The van der Waals surface area contributed by atoms with E-state index in [-0.39, 0.29) is 31.9 Å². The summed E-state index contributed by atoms with van der Waals surface area (Å²) in [5.74, 6) is 2.06. The van der Waals surface area contributed by atoms with Crippen molar-refractivity contribution in [2.24, 2.45) is 0 Å². The number of aryl methyl sites for hydroxylation is 2. The van der Waals surface area contributed by atoms with E-state index in [1.54, 1.807) is 0 Å². The molecule has 7 aromatic rings. The number of hydrogen-bond donors (Lipinski definition) is 0. The molecule has 5 nitrogen and oxygen atoms in total. The molecule has 2 aromatic heterocycles. The van der Waals surface area contributed by atoms with Crippen molar-refractivity contribution in [2.45, 2.75) is 66.2 Å². The molecule has 0 spiro atoms. The molecule has 0 atom stereocenters. The van der Waals surface area contributed by atoms with Crippen molar-refractivity contribution < 1.29 is 25.8 Å². The molecule has 276 valence electrons. The normalized spacial score (nSPS) is 13.2. The van der Waals surface area contributed by atoms with Crippen LogP contribution >= 0.6 is 0 Å². The van der Waals surface area contributed by atoms with Gasteiger partial charge in [-0.25, -0.2) is 4.98 Å². The maximum Gasteiger partial charge on any atom is 0.136 e. The van der Waals surface area contributed by atoms with Gasteiger partial charge in [-0.05, 0) is 106 Å². The first kappa shape index (κ1) is 37.2. The molecule has 0 fully saturated rings. The predicted molar refractivity (Wildman–Crippen MR) is 220 cm³/mol. The minimum Gasteiger partial charge on any atom is -0.509 e. The van der Waals surface area contributed by atoms with E-state index in [1.165, 1.54) is 27.8 Å². The van der Waals surface area contributed by atoms with E-state index in [0.29, 0.717) is 11.5 Å². The summed E-state index contributed by atoms with van der Waals surface area (Å²) in [5.41, 5.74) is 11.7. The van der Waals surface area contributed by atoms with E-state index < -0.39 is 0 Å². The second kappa shape index (κ2) is 14.3. The number of rotatable bonds is 6. The average molecular weight is 889 g/mol. The Bertz CT molecular complexity index is 2510. The molecule has 6 heteroatoms. The van der Waals surface area contributed by atoms with Crippen LogP contribution in [-0.2, 0) is 31.9 Å². The Morgan fingerprint density at radius 1 is 0.648 bits per heavy atom. The van der Waals surface area contributed by atoms with Gasteiger partial charge in [0.15, 0.2) is 0 Å². The predicted octanol–water partition coefficient (Wildman–Crippen LogP) is 12.4. The molecule has 0 saturated heterocycles. The fourth-order valence-corrected chi connectivity index (χ4v) is 7.27. The van der Waals surface area contributed by atoms with Crippen molar-refractivity contribution in [1.29, 1.82) is 0 Å². The number of anilines is 2. The smallest absolute Gasteiger partial charge is 0.136 e. The Morgan fingerprint density at radius 3 is 2.11 bits per heavy atom. The number of hydrogen-bond acceptors (Lipinski definition) is 4. The Balaban J connectivity index is 0.00000450. The molecule has 3 heterocycles. The van der Waals surface area contributed by atoms with Crippen LogP contribution in [0.25, 0.3) is 38.8 Å².